The quantitative estimate of drug-likeness (QED) is 0.443. The number of hydrogen-bond acceptors (Lipinski definition) is 6. The summed E-state index contributed by atoms with van der Waals surface area (Å²) in [6.45, 7) is 0.133. The van der Waals surface area contributed by atoms with Crippen molar-refractivity contribution in [3.05, 3.63) is 71.2 Å². The third-order valence-electron chi connectivity index (χ3n) is 3.72. The highest BCUT2D eigenvalue weighted by Crippen LogP contribution is 2.24. The Morgan fingerprint density at radius 2 is 1.78 bits per heavy atom. The van der Waals surface area contributed by atoms with Gasteiger partial charge in [0, 0.05) is 23.1 Å². The molecule has 0 unspecified atom stereocenters. The van der Waals surface area contributed by atoms with E-state index in [0.29, 0.717) is 11.5 Å². The van der Waals surface area contributed by atoms with E-state index in [1.165, 1.54) is 17.4 Å². The second-order valence-electron chi connectivity index (χ2n) is 5.60. The van der Waals surface area contributed by atoms with Crippen molar-refractivity contribution in [2.75, 3.05) is 14.2 Å². The SMILES string of the molecule is COc1cc(/C=C/C(=O)OCc2csc(-c3ccccc3)n2)cc(OC)c1. The Balaban J connectivity index is 1.59. The van der Waals surface area contributed by atoms with E-state index < -0.39 is 5.97 Å². The normalized spacial score (nSPS) is 10.7. The van der Waals surface area contributed by atoms with Crippen molar-refractivity contribution in [1.29, 1.82) is 0 Å². The zero-order valence-corrected chi connectivity index (χ0v) is 15.9. The van der Waals surface area contributed by atoms with E-state index in [4.69, 9.17) is 14.2 Å². The molecule has 0 aliphatic heterocycles. The average molecular weight is 381 g/mol. The van der Waals surface area contributed by atoms with Gasteiger partial charge in [-0.1, -0.05) is 30.3 Å². The monoisotopic (exact) mass is 381 g/mol. The van der Waals surface area contributed by atoms with Gasteiger partial charge in [0.15, 0.2) is 0 Å². The largest absolute Gasteiger partial charge is 0.497 e. The van der Waals surface area contributed by atoms with Gasteiger partial charge in [0.05, 0.1) is 19.9 Å². The van der Waals surface area contributed by atoms with Crippen LogP contribution in [0.25, 0.3) is 16.6 Å². The van der Waals surface area contributed by atoms with Crippen LogP contribution < -0.4 is 9.47 Å². The summed E-state index contributed by atoms with van der Waals surface area (Å²) in [5.74, 6) is 0.864. The summed E-state index contributed by atoms with van der Waals surface area (Å²) in [7, 11) is 3.15. The van der Waals surface area contributed by atoms with Gasteiger partial charge >= 0.3 is 5.97 Å². The zero-order valence-electron chi connectivity index (χ0n) is 15.0. The van der Waals surface area contributed by atoms with Crippen molar-refractivity contribution in [2.45, 2.75) is 6.61 Å². The fraction of sp³-hybridized carbons (Fsp3) is 0.143. The Kier molecular flexibility index (Phi) is 6.22. The molecule has 3 aromatic rings. The molecule has 3 rings (SSSR count). The first kappa shape index (κ1) is 18.7. The second-order valence-corrected chi connectivity index (χ2v) is 6.46. The number of carbonyl (C=O) groups excluding carboxylic acids is 1. The van der Waals surface area contributed by atoms with E-state index in [1.54, 1.807) is 38.5 Å². The van der Waals surface area contributed by atoms with Gasteiger partial charge < -0.3 is 14.2 Å². The van der Waals surface area contributed by atoms with E-state index >= 15 is 0 Å². The van der Waals surface area contributed by atoms with Crippen LogP contribution in [0.4, 0.5) is 0 Å². The van der Waals surface area contributed by atoms with Gasteiger partial charge in [-0.3, -0.25) is 0 Å². The van der Waals surface area contributed by atoms with Gasteiger partial charge in [-0.2, -0.15) is 0 Å². The highest BCUT2D eigenvalue weighted by molar-refractivity contribution is 7.13. The smallest absolute Gasteiger partial charge is 0.331 e. The molecular formula is C21H19NO4S. The number of methoxy groups -OCH3 is 2. The van der Waals surface area contributed by atoms with Crippen LogP contribution in [0.2, 0.25) is 0 Å². The molecule has 0 fully saturated rings. The summed E-state index contributed by atoms with van der Waals surface area (Å²) in [4.78, 5) is 16.5. The van der Waals surface area contributed by atoms with Crippen molar-refractivity contribution in [1.82, 2.24) is 4.98 Å². The van der Waals surface area contributed by atoms with Crippen LogP contribution >= 0.6 is 11.3 Å². The first-order valence-corrected chi connectivity index (χ1v) is 9.13. The molecule has 0 saturated carbocycles. The molecule has 1 aromatic heterocycles. The van der Waals surface area contributed by atoms with E-state index in [1.807, 2.05) is 35.7 Å². The lowest BCUT2D eigenvalue weighted by atomic mass is 10.2. The van der Waals surface area contributed by atoms with Gasteiger partial charge in [0.2, 0.25) is 0 Å². The van der Waals surface area contributed by atoms with Gasteiger partial charge in [-0.15, -0.1) is 11.3 Å². The number of aromatic nitrogens is 1. The number of hydrogen-bond donors (Lipinski definition) is 0. The molecule has 6 heteroatoms. The number of benzene rings is 2. The molecule has 0 N–H and O–H groups in total. The number of esters is 1. The molecule has 0 aliphatic rings. The molecule has 27 heavy (non-hydrogen) atoms. The van der Waals surface area contributed by atoms with Crippen LogP contribution in [-0.4, -0.2) is 25.2 Å². The van der Waals surface area contributed by atoms with Gasteiger partial charge in [0.1, 0.15) is 23.1 Å². The molecule has 0 bridgehead atoms. The molecule has 0 spiro atoms. The summed E-state index contributed by atoms with van der Waals surface area (Å²) < 4.78 is 15.7. The number of nitrogens with zero attached hydrogens (tertiary/aromatic N) is 1. The highest BCUT2D eigenvalue weighted by Gasteiger charge is 2.06. The summed E-state index contributed by atoms with van der Waals surface area (Å²) in [6, 6.07) is 15.3. The molecule has 2 aromatic carbocycles. The van der Waals surface area contributed by atoms with Crippen molar-refractivity contribution in [2.24, 2.45) is 0 Å². The maximum atomic E-state index is 12.0. The Morgan fingerprint density at radius 1 is 1.07 bits per heavy atom. The first-order valence-electron chi connectivity index (χ1n) is 8.25. The molecule has 5 nitrogen and oxygen atoms in total. The predicted molar refractivity (Wildman–Crippen MR) is 106 cm³/mol. The maximum absolute atomic E-state index is 12.0. The van der Waals surface area contributed by atoms with Gasteiger partial charge in [-0.05, 0) is 23.8 Å². The van der Waals surface area contributed by atoms with Crippen LogP contribution in [0.1, 0.15) is 11.3 Å². The standard InChI is InChI=1S/C21H19NO4S/c1-24-18-10-15(11-19(12-18)25-2)8-9-20(23)26-13-17-14-27-21(22-17)16-6-4-3-5-7-16/h3-12,14H,13H2,1-2H3/b9-8+. The summed E-state index contributed by atoms with van der Waals surface area (Å²) in [5.41, 5.74) is 2.55. The lowest BCUT2D eigenvalue weighted by molar-refractivity contribution is -0.139. The average Bonchev–Trinajstić information content (AvgIpc) is 3.20. The number of rotatable bonds is 7. The molecule has 0 aliphatic carbocycles. The molecule has 138 valence electrons. The Hall–Kier alpha value is -3.12. The van der Waals surface area contributed by atoms with Crippen molar-refractivity contribution < 1.29 is 19.0 Å². The van der Waals surface area contributed by atoms with E-state index in [0.717, 1.165) is 21.8 Å². The Morgan fingerprint density at radius 3 is 2.44 bits per heavy atom. The van der Waals surface area contributed by atoms with Crippen LogP contribution in [-0.2, 0) is 16.1 Å². The molecule has 0 amide bonds. The fourth-order valence-corrected chi connectivity index (χ4v) is 3.18. The van der Waals surface area contributed by atoms with E-state index in [2.05, 4.69) is 4.98 Å². The minimum Gasteiger partial charge on any atom is -0.497 e. The van der Waals surface area contributed by atoms with Crippen LogP contribution in [0.15, 0.2) is 60.0 Å². The summed E-state index contributed by atoms with van der Waals surface area (Å²) in [6.07, 6.45) is 3.03. The maximum Gasteiger partial charge on any atom is 0.331 e. The number of carbonyl (C=O) groups is 1. The third kappa shape index (κ3) is 5.18. The number of thiazole rings is 1. The van der Waals surface area contributed by atoms with Crippen LogP contribution in [0.3, 0.4) is 0 Å². The van der Waals surface area contributed by atoms with E-state index in [9.17, 15) is 4.79 Å². The topological polar surface area (TPSA) is 57.7 Å². The fourth-order valence-electron chi connectivity index (χ4n) is 2.37. The van der Waals surface area contributed by atoms with Gasteiger partial charge in [-0.25, -0.2) is 9.78 Å². The predicted octanol–water partition coefficient (Wildman–Crippen LogP) is 4.58. The lowest BCUT2D eigenvalue weighted by Crippen LogP contribution is -2.01. The van der Waals surface area contributed by atoms with Crippen molar-refractivity contribution in [3.63, 3.8) is 0 Å². The second kappa shape index (κ2) is 9.00. The highest BCUT2D eigenvalue weighted by atomic mass is 32.1. The lowest BCUT2D eigenvalue weighted by Gasteiger charge is -2.05. The Labute approximate surface area is 161 Å². The van der Waals surface area contributed by atoms with Crippen LogP contribution in [0.5, 0.6) is 11.5 Å². The minimum atomic E-state index is -0.439. The zero-order chi connectivity index (χ0) is 19.1. The summed E-state index contributed by atoms with van der Waals surface area (Å²) in [5, 5.41) is 2.80. The summed E-state index contributed by atoms with van der Waals surface area (Å²) >= 11 is 1.52. The van der Waals surface area contributed by atoms with Crippen molar-refractivity contribution in [3.8, 4) is 22.1 Å². The first-order chi connectivity index (χ1) is 13.2. The van der Waals surface area contributed by atoms with E-state index in [-0.39, 0.29) is 6.61 Å². The Bertz CT molecular complexity index is 912. The van der Waals surface area contributed by atoms with Crippen molar-refractivity contribution >= 4 is 23.4 Å². The number of ether oxygens (including phenoxy) is 3. The molecule has 0 atom stereocenters. The molecule has 0 saturated heterocycles. The molecule has 0 radical (unpaired) electrons. The molecular weight excluding hydrogens is 362 g/mol. The van der Waals surface area contributed by atoms with Gasteiger partial charge in [0.25, 0.3) is 0 Å². The third-order valence-corrected chi connectivity index (χ3v) is 4.66. The minimum absolute atomic E-state index is 0.133. The molecule has 1 heterocycles. The van der Waals surface area contributed by atoms with Crippen LogP contribution in [0, 0.1) is 0 Å².